The third kappa shape index (κ3) is 3.23. The van der Waals surface area contributed by atoms with Gasteiger partial charge in [0.2, 0.25) is 0 Å². The van der Waals surface area contributed by atoms with Crippen LogP contribution in [0.1, 0.15) is 17.2 Å². The number of nitrogens with two attached hydrogens (primary N) is 1. The van der Waals surface area contributed by atoms with Gasteiger partial charge < -0.3 is 10.8 Å². The molecule has 3 nitrogen and oxygen atoms in total. The quantitative estimate of drug-likeness (QED) is 0.837. The summed E-state index contributed by atoms with van der Waals surface area (Å²) in [5.41, 5.74) is 5.16. The van der Waals surface area contributed by atoms with E-state index in [1.165, 1.54) is 18.2 Å². The topological polar surface area (TPSA) is 63.3 Å². The maximum atomic E-state index is 12.3. The van der Waals surface area contributed by atoms with Gasteiger partial charge in [0, 0.05) is 0 Å². The molecule has 88 valence electrons. The molecule has 1 rings (SSSR count). The van der Waals surface area contributed by atoms with Crippen LogP contribution in [0.3, 0.4) is 0 Å². The number of hydrogen-bond donors (Lipinski definition) is 2. The highest BCUT2D eigenvalue weighted by molar-refractivity contribution is 5.70. The molecule has 0 saturated heterocycles. The molecule has 1 aromatic rings. The lowest BCUT2D eigenvalue weighted by Gasteiger charge is -2.16. The van der Waals surface area contributed by atoms with Crippen molar-refractivity contribution in [3.8, 4) is 0 Å². The number of carboxylic acids is 1. The second kappa shape index (κ2) is 4.52. The normalized spacial score (nSPS) is 13.5. The summed E-state index contributed by atoms with van der Waals surface area (Å²) in [5, 5.41) is 8.50. The summed E-state index contributed by atoms with van der Waals surface area (Å²) in [4.78, 5) is 10.4. The zero-order valence-corrected chi connectivity index (χ0v) is 8.16. The van der Waals surface area contributed by atoms with Crippen LogP contribution in [-0.4, -0.2) is 17.3 Å². The lowest BCUT2D eigenvalue weighted by atomic mass is 10.0. The highest BCUT2D eigenvalue weighted by Gasteiger charge is 2.37. The minimum atomic E-state index is -4.53. The first-order valence-corrected chi connectivity index (χ1v) is 4.43. The van der Waals surface area contributed by atoms with Crippen LogP contribution in [-0.2, 0) is 11.2 Å². The van der Waals surface area contributed by atoms with E-state index < -0.39 is 18.2 Å². The van der Waals surface area contributed by atoms with Gasteiger partial charge in [0.05, 0.1) is 6.42 Å². The van der Waals surface area contributed by atoms with Crippen LogP contribution < -0.4 is 5.73 Å². The first-order chi connectivity index (χ1) is 7.30. The van der Waals surface area contributed by atoms with Gasteiger partial charge in [0.15, 0.2) is 0 Å². The van der Waals surface area contributed by atoms with Crippen molar-refractivity contribution in [3.63, 3.8) is 0 Å². The predicted molar refractivity (Wildman–Crippen MR) is 50.8 cm³/mol. The highest BCUT2D eigenvalue weighted by atomic mass is 19.4. The van der Waals surface area contributed by atoms with Crippen molar-refractivity contribution in [1.82, 2.24) is 0 Å². The van der Waals surface area contributed by atoms with E-state index in [2.05, 4.69) is 0 Å². The van der Waals surface area contributed by atoms with Crippen molar-refractivity contribution in [2.75, 3.05) is 0 Å². The van der Waals surface area contributed by atoms with Gasteiger partial charge in [-0.25, -0.2) is 0 Å². The number of carbonyl (C=O) groups is 1. The fourth-order valence-electron chi connectivity index (χ4n) is 1.26. The highest BCUT2D eigenvalue weighted by Crippen LogP contribution is 2.30. The summed E-state index contributed by atoms with van der Waals surface area (Å²) < 4.78 is 36.9. The number of rotatable bonds is 3. The van der Waals surface area contributed by atoms with E-state index in [1.54, 1.807) is 0 Å². The van der Waals surface area contributed by atoms with E-state index in [1.807, 2.05) is 0 Å². The van der Waals surface area contributed by atoms with Gasteiger partial charge in [-0.15, -0.1) is 0 Å². The molecule has 0 unspecified atom stereocenters. The van der Waals surface area contributed by atoms with E-state index >= 15 is 0 Å². The van der Waals surface area contributed by atoms with E-state index in [9.17, 15) is 18.0 Å². The Labute approximate surface area is 89.7 Å². The molecule has 0 heterocycles. The van der Waals surface area contributed by atoms with Gasteiger partial charge in [0.25, 0.3) is 0 Å². The molecule has 0 aromatic heterocycles. The first kappa shape index (κ1) is 12.5. The lowest BCUT2D eigenvalue weighted by molar-refractivity contribution is -0.149. The van der Waals surface area contributed by atoms with Crippen molar-refractivity contribution < 1.29 is 23.1 Å². The van der Waals surface area contributed by atoms with Gasteiger partial charge in [-0.3, -0.25) is 4.79 Å². The summed E-state index contributed by atoms with van der Waals surface area (Å²) in [6, 6.07) is 3.11. The number of hydrogen-bond acceptors (Lipinski definition) is 2. The SMILES string of the molecule is N[C@H](c1cccc(CC(=O)O)c1)C(F)(F)F. The van der Waals surface area contributed by atoms with E-state index in [-0.39, 0.29) is 12.0 Å². The second-order valence-corrected chi connectivity index (χ2v) is 3.33. The van der Waals surface area contributed by atoms with Crippen molar-refractivity contribution in [2.24, 2.45) is 5.73 Å². The van der Waals surface area contributed by atoms with Crippen molar-refractivity contribution >= 4 is 5.97 Å². The molecule has 0 fully saturated rings. The Morgan fingerprint density at radius 2 is 2.06 bits per heavy atom. The fraction of sp³-hybridized carbons (Fsp3) is 0.300. The predicted octanol–water partition coefficient (Wildman–Crippen LogP) is 1.88. The Morgan fingerprint density at radius 1 is 1.44 bits per heavy atom. The Kier molecular flexibility index (Phi) is 3.54. The van der Waals surface area contributed by atoms with Crippen molar-refractivity contribution in [1.29, 1.82) is 0 Å². The summed E-state index contributed by atoms with van der Waals surface area (Å²) in [6.07, 6.45) is -4.85. The van der Waals surface area contributed by atoms with Gasteiger partial charge in [-0.05, 0) is 11.1 Å². The van der Waals surface area contributed by atoms with Crippen LogP contribution in [0.2, 0.25) is 0 Å². The zero-order valence-electron chi connectivity index (χ0n) is 8.16. The largest absolute Gasteiger partial charge is 0.481 e. The van der Waals surface area contributed by atoms with E-state index in [4.69, 9.17) is 10.8 Å². The average Bonchev–Trinajstić information content (AvgIpc) is 2.14. The molecule has 3 N–H and O–H groups in total. The molecule has 0 aliphatic heterocycles. The molecular weight excluding hydrogens is 223 g/mol. The molecule has 0 saturated carbocycles. The molecule has 0 aliphatic carbocycles. The van der Waals surface area contributed by atoms with Gasteiger partial charge in [-0.1, -0.05) is 24.3 Å². The standard InChI is InChI=1S/C10H10F3NO2/c11-10(12,13)9(14)7-3-1-2-6(4-7)5-8(15)16/h1-4,9H,5,14H2,(H,15,16)/t9-/m1/s1. The number of benzene rings is 1. The molecular formula is C10H10F3NO2. The van der Waals surface area contributed by atoms with Gasteiger partial charge in [0.1, 0.15) is 6.04 Å². The number of aliphatic carboxylic acids is 1. The van der Waals surface area contributed by atoms with Crippen LogP contribution in [0.25, 0.3) is 0 Å². The van der Waals surface area contributed by atoms with Crippen LogP contribution >= 0.6 is 0 Å². The average molecular weight is 233 g/mol. The van der Waals surface area contributed by atoms with Crippen LogP contribution in [0.15, 0.2) is 24.3 Å². The van der Waals surface area contributed by atoms with Gasteiger partial charge >= 0.3 is 12.1 Å². The Hall–Kier alpha value is -1.56. The molecule has 0 bridgehead atoms. The number of alkyl halides is 3. The summed E-state index contributed by atoms with van der Waals surface area (Å²) in [6.45, 7) is 0. The van der Waals surface area contributed by atoms with Gasteiger partial charge in [-0.2, -0.15) is 13.2 Å². The Morgan fingerprint density at radius 3 is 2.56 bits per heavy atom. The molecule has 1 atom stereocenters. The van der Waals surface area contributed by atoms with Crippen LogP contribution in [0.4, 0.5) is 13.2 Å². The summed E-state index contributed by atoms with van der Waals surface area (Å²) in [5.74, 6) is -1.10. The zero-order chi connectivity index (χ0) is 12.3. The maximum absolute atomic E-state index is 12.3. The number of carboxylic acid groups (broad SMARTS) is 1. The molecule has 0 aliphatic rings. The maximum Gasteiger partial charge on any atom is 0.407 e. The summed E-state index contributed by atoms with van der Waals surface area (Å²) >= 11 is 0. The van der Waals surface area contributed by atoms with E-state index in [0.717, 1.165) is 6.07 Å². The molecule has 0 spiro atoms. The first-order valence-electron chi connectivity index (χ1n) is 4.43. The van der Waals surface area contributed by atoms with Crippen molar-refractivity contribution in [3.05, 3.63) is 35.4 Å². The third-order valence-corrected chi connectivity index (χ3v) is 2.02. The minimum Gasteiger partial charge on any atom is -0.481 e. The van der Waals surface area contributed by atoms with Crippen LogP contribution in [0.5, 0.6) is 0 Å². The smallest absolute Gasteiger partial charge is 0.407 e. The minimum absolute atomic E-state index is 0.133. The van der Waals surface area contributed by atoms with Crippen molar-refractivity contribution in [2.45, 2.75) is 18.6 Å². The second-order valence-electron chi connectivity index (χ2n) is 3.33. The van der Waals surface area contributed by atoms with E-state index in [0.29, 0.717) is 5.56 Å². The Bertz CT molecular complexity index is 390. The third-order valence-electron chi connectivity index (χ3n) is 2.02. The molecule has 0 radical (unpaired) electrons. The summed E-state index contributed by atoms with van der Waals surface area (Å²) in [7, 11) is 0. The lowest BCUT2D eigenvalue weighted by Crippen LogP contribution is -2.28. The molecule has 0 amide bonds. The molecule has 6 heteroatoms. The molecule has 1 aromatic carbocycles. The molecule has 16 heavy (non-hydrogen) atoms. The fourth-order valence-corrected chi connectivity index (χ4v) is 1.26. The monoisotopic (exact) mass is 233 g/mol. The van der Waals surface area contributed by atoms with Crippen LogP contribution in [0, 0.1) is 0 Å². The Balaban J connectivity index is 2.94. The number of halogens is 3.